The van der Waals surface area contributed by atoms with Crippen molar-refractivity contribution in [3.63, 3.8) is 0 Å². The molecule has 4 rings (SSSR count). The summed E-state index contributed by atoms with van der Waals surface area (Å²) in [4.78, 5) is 5.53. The number of hydrogen-bond acceptors (Lipinski definition) is 4. The molecule has 1 nitrogen and oxygen atoms in total. The summed E-state index contributed by atoms with van der Waals surface area (Å²) in [6, 6.07) is 15.8. The standard InChI is InChI=1S/C16H13NS4/c1-9(17)10-6-7-13-14(8-10)21-16(20-13)15-18-11-4-2-3-5-12(11)19-15/h2-9H,17H2,1H3/p+1. The van der Waals surface area contributed by atoms with Crippen molar-refractivity contribution in [3.8, 4) is 0 Å². The average Bonchev–Trinajstić information content (AvgIpc) is 3.09. The van der Waals surface area contributed by atoms with Crippen LogP contribution in [0.25, 0.3) is 0 Å². The van der Waals surface area contributed by atoms with Crippen molar-refractivity contribution >= 4 is 47.0 Å². The Kier molecular flexibility index (Phi) is 3.79. The van der Waals surface area contributed by atoms with Crippen LogP contribution in [-0.4, -0.2) is 0 Å². The molecular formula is C16H14NS4+. The summed E-state index contributed by atoms with van der Waals surface area (Å²) < 4.78 is 2.84. The van der Waals surface area contributed by atoms with Gasteiger partial charge in [-0.1, -0.05) is 65.2 Å². The van der Waals surface area contributed by atoms with E-state index in [1.54, 1.807) is 0 Å². The second-order valence-corrected chi connectivity index (χ2v) is 9.76. The number of quaternary nitrogens is 1. The molecule has 106 valence electrons. The highest BCUT2D eigenvalue weighted by molar-refractivity contribution is 8.30. The molecule has 5 heteroatoms. The van der Waals surface area contributed by atoms with Crippen LogP contribution in [0.1, 0.15) is 18.5 Å². The Hall–Kier alpha value is -0.460. The lowest BCUT2D eigenvalue weighted by molar-refractivity contribution is -0.420. The van der Waals surface area contributed by atoms with Gasteiger partial charge in [0.15, 0.2) is 0 Å². The van der Waals surface area contributed by atoms with Gasteiger partial charge in [0.05, 0.1) is 8.47 Å². The van der Waals surface area contributed by atoms with E-state index in [0.29, 0.717) is 6.04 Å². The third-order valence-electron chi connectivity index (χ3n) is 3.36. The Morgan fingerprint density at radius 1 is 0.762 bits per heavy atom. The minimum atomic E-state index is 0.345. The Morgan fingerprint density at radius 2 is 1.29 bits per heavy atom. The van der Waals surface area contributed by atoms with Crippen molar-refractivity contribution in [1.82, 2.24) is 0 Å². The third-order valence-corrected chi connectivity index (χ3v) is 8.98. The summed E-state index contributed by atoms with van der Waals surface area (Å²) in [7, 11) is 0. The van der Waals surface area contributed by atoms with Crippen LogP contribution >= 0.6 is 47.0 Å². The molecule has 0 radical (unpaired) electrons. The predicted octanol–water partition coefficient (Wildman–Crippen LogP) is 5.21. The van der Waals surface area contributed by atoms with E-state index in [0.717, 1.165) is 0 Å². The van der Waals surface area contributed by atoms with Gasteiger partial charge in [-0.2, -0.15) is 0 Å². The lowest BCUT2D eigenvalue weighted by atomic mass is 10.1. The van der Waals surface area contributed by atoms with Crippen LogP contribution in [-0.2, 0) is 0 Å². The summed E-state index contributed by atoms with van der Waals surface area (Å²) >= 11 is 7.62. The zero-order valence-corrected chi connectivity index (χ0v) is 14.7. The molecule has 2 aliphatic rings. The van der Waals surface area contributed by atoms with E-state index in [4.69, 9.17) is 0 Å². The average molecular weight is 349 g/mol. The molecule has 0 saturated carbocycles. The molecule has 2 aliphatic heterocycles. The molecular weight excluding hydrogens is 334 g/mol. The number of benzene rings is 2. The Morgan fingerprint density at radius 3 is 1.86 bits per heavy atom. The quantitative estimate of drug-likeness (QED) is 0.765. The zero-order chi connectivity index (χ0) is 14.4. The molecule has 2 aromatic carbocycles. The maximum absolute atomic E-state index is 4.12. The van der Waals surface area contributed by atoms with Crippen LogP contribution in [0.4, 0.5) is 0 Å². The highest BCUT2D eigenvalue weighted by atomic mass is 32.2. The van der Waals surface area contributed by atoms with E-state index in [1.165, 1.54) is 33.6 Å². The van der Waals surface area contributed by atoms with E-state index in [-0.39, 0.29) is 0 Å². The smallest absolute Gasteiger partial charge is 0.107 e. The topological polar surface area (TPSA) is 27.6 Å². The van der Waals surface area contributed by atoms with E-state index in [2.05, 4.69) is 55.1 Å². The first-order valence-electron chi connectivity index (χ1n) is 6.72. The first-order valence-corrected chi connectivity index (χ1v) is 9.99. The number of hydrogen-bond donors (Lipinski definition) is 1. The minimum absolute atomic E-state index is 0.345. The normalized spacial score (nSPS) is 17.8. The summed E-state index contributed by atoms with van der Waals surface area (Å²) in [6.45, 7) is 2.15. The van der Waals surface area contributed by atoms with Gasteiger partial charge in [-0.05, 0) is 31.2 Å². The maximum atomic E-state index is 4.12. The summed E-state index contributed by atoms with van der Waals surface area (Å²) in [5, 5.41) is 0. The van der Waals surface area contributed by atoms with Crippen molar-refractivity contribution in [2.75, 3.05) is 0 Å². The van der Waals surface area contributed by atoms with E-state index >= 15 is 0 Å². The largest absolute Gasteiger partial charge is 0.352 e. The van der Waals surface area contributed by atoms with Gasteiger partial charge in [-0.3, -0.25) is 0 Å². The Bertz CT molecular complexity index is 725. The van der Waals surface area contributed by atoms with Crippen LogP contribution in [0.5, 0.6) is 0 Å². The molecule has 0 bridgehead atoms. The lowest BCUT2D eigenvalue weighted by Crippen LogP contribution is -2.51. The second kappa shape index (κ2) is 5.63. The summed E-state index contributed by atoms with van der Waals surface area (Å²) in [5.41, 5.74) is 5.44. The van der Waals surface area contributed by atoms with Gasteiger partial charge in [-0.15, -0.1) is 0 Å². The minimum Gasteiger partial charge on any atom is -0.352 e. The van der Waals surface area contributed by atoms with Crippen molar-refractivity contribution in [3.05, 3.63) is 56.5 Å². The Labute approximate surface area is 141 Å². The van der Waals surface area contributed by atoms with Crippen molar-refractivity contribution in [2.45, 2.75) is 32.5 Å². The first kappa shape index (κ1) is 14.2. The molecule has 0 saturated heterocycles. The van der Waals surface area contributed by atoms with Gasteiger partial charge in [0, 0.05) is 25.1 Å². The molecule has 0 aromatic heterocycles. The van der Waals surface area contributed by atoms with Gasteiger partial charge in [0.2, 0.25) is 0 Å². The molecule has 0 aliphatic carbocycles. The highest BCUT2D eigenvalue weighted by Crippen LogP contribution is 2.61. The maximum Gasteiger partial charge on any atom is 0.107 e. The van der Waals surface area contributed by atoms with Crippen molar-refractivity contribution < 1.29 is 5.73 Å². The zero-order valence-electron chi connectivity index (χ0n) is 11.5. The van der Waals surface area contributed by atoms with Gasteiger partial charge in [-0.25, -0.2) is 0 Å². The van der Waals surface area contributed by atoms with Crippen LogP contribution < -0.4 is 5.73 Å². The van der Waals surface area contributed by atoms with E-state index in [1.807, 2.05) is 47.0 Å². The molecule has 2 heterocycles. The summed E-state index contributed by atoms with van der Waals surface area (Å²) in [6.07, 6.45) is 0. The molecule has 0 amide bonds. The van der Waals surface area contributed by atoms with Gasteiger partial charge < -0.3 is 5.73 Å². The third kappa shape index (κ3) is 2.66. The van der Waals surface area contributed by atoms with Crippen molar-refractivity contribution in [1.29, 1.82) is 0 Å². The first-order chi connectivity index (χ1) is 10.2. The van der Waals surface area contributed by atoms with Crippen LogP contribution in [0.3, 0.4) is 0 Å². The fourth-order valence-corrected chi connectivity index (χ4v) is 7.55. The molecule has 1 unspecified atom stereocenters. The Balaban J connectivity index is 1.64. The van der Waals surface area contributed by atoms with Gasteiger partial charge >= 0.3 is 0 Å². The fourth-order valence-electron chi connectivity index (χ4n) is 2.22. The van der Waals surface area contributed by atoms with Gasteiger partial charge in [0.25, 0.3) is 0 Å². The monoisotopic (exact) mass is 348 g/mol. The molecule has 21 heavy (non-hydrogen) atoms. The molecule has 2 aromatic rings. The second-order valence-electron chi connectivity index (χ2n) is 5.04. The van der Waals surface area contributed by atoms with Gasteiger partial charge in [0.1, 0.15) is 6.04 Å². The fraction of sp³-hybridized carbons (Fsp3) is 0.125. The molecule has 0 fully saturated rings. The molecule has 1 atom stereocenters. The van der Waals surface area contributed by atoms with Crippen LogP contribution in [0, 0.1) is 0 Å². The number of fused-ring (bicyclic) bond motifs is 2. The van der Waals surface area contributed by atoms with Crippen LogP contribution in [0.2, 0.25) is 0 Å². The van der Waals surface area contributed by atoms with E-state index in [9.17, 15) is 0 Å². The highest BCUT2D eigenvalue weighted by Gasteiger charge is 2.27. The van der Waals surface area contributed by atoms with Crippen molar-refractivity contribution in [2.24, 2.45) is 0 Å². The molecule has 0 spiro atoms. The van der Waals surface area contributed by atoms with E-state index < -0.39 is 0 Å². The lowest BCUT2D eigenvalue weighted by Gasteiger charge is -2.03. The SMILES string of the molecule is CC([NH3+])c1ccc2c(c1)SC(=C1Sc3ccccc3S1)S2. The molecule has 3 N–H and O–H groups in total. The van der Waals surface area contributed by atoms with Crippen LogP contribution in [0.15, 0.2) is 70.5 Å². The predicted molar refractivity (Wildman–Crippen MR) is 94.6 cm³/mol. The number of rotatable bonds is 1. The summed E-state index contributed by atoms with van der Waals surface area (Å²) in [5.74, 6) is 0. The number of thioether (sulfide) groups is 4.